The number of rotatable bonds is 1. The highest BCUT2D eigenvalue weighted by Crippen LogP contribution is 2.25. The molecule has 0 N–H and O–H groups in total. The van der Waals surface area contributed by atoms with Crippen LogP contribution in [0.25, 0.3) is 0 Å². The summed E-state index contributed by atoms with van der Waals surface area (Å²) in [6.07, 6.45) is 0. The number of nitriles is 2. The van der Waals surface area contributed by atoms with Crippen molar-refractivity contribution >= 4 is 10.2 Å². The Balaban J connectivity index is 3.64. The van der Waals surface area contributed by atoms with E-state index in [9.17, 15) is 0 Å². The molecule has 0 bridgehead atoms. The van der Waals surface area contributed by atoms with E-state index in [1.165, 1.54) is 0 Å². The van der Waals surface area contributed by atoms with E-state index < -0.39 is 0 Å². The third-order valence-corrected chi connectivity index (χ3v) is 2.56. The fourth-order valence-corrected chi connectivity index (χ4v) is 1.95. The Kier molecular flexibility index (Phi) is 3.89. The second-order valence-electron chi connectivity index (χ2n) is 3.70. The van der Waals surface area contributed by atoms with Gasteiger partial charge >= 0.3 is 0 Å². The van der Waals surface area contributed by atoms with E-state index in [1.54, 1.807) is 6.07 Å². The van der Waals surface area contributed by atoms with Gasteiger partial charge in [-0.2, -0.15) is 10.5 Å². The molecule has 0 aliphatic heterocycles. The summed E-state index contributed by atoms with van der Waals surface area (Å²) in [7, 11) is 0.807. The SMILES string of the molecule is CC(C)c1c(C#C[SiH3])ccc(C#N)c1C#N. The van der Waals surface area contributed by atoms with Gasteiger partial charge in [0, 0.05) is 5.56 Å². The van der Waals surface area contributed by atoms with Crippen molar-refractivity contribution in [1.82, 2.24) is 0 Å². The molecule has 0 unspecified atom stereocenters. The molecule has 0 aliphatic carbocycles. The molecule has 1 aromatic rings. The molecule has 0 saturated carbocycles. The molecule has 0 aliphatic rings. The predicted molar refractivity (Wildman–Crippen MR) is 66.8 cm³/mol. The maximum Gasteiger partial charge on any atom is 0.101 e. The van der Waals surface area contributed by atoms with Crippen molar-refractivity contribution in [1.29, 1.82) is 10.5 Å². The molecule has 1 aromatic carbocycles. The number of hydrogen-bond acceptors (Lipinski definition) is 2. The third-order valence-electron chi connectivity index (χ3n) is 2.31. The van der Waals surface area contributed by atoms with Crippen LogP contribution < -0.4 is 0 Å². The first-order valence-electron chi connectivity index (χ1n) is 5.05. The van der Waals surface area contributed by atoms with Crippen LogP contribution in [0.4, 0.5) is 0 Å². The Morgan fingerprint density at radius 2 is 1.75 bits per heavy atom. The van der Waals surface area contributed by atoms with Crippen molar-refractivity contribution < 1.29 is 0 Å². The first-order chi connectivity index (χ1) is 7.65. The van der Waals surface area contributed by atoms with Gasteiger partial charge in [-0.25, -0.2) is 0 Å². The summed E-state index contributed by atoms with van der Waals surface area (Å²) in [6.45, 7) is 4.02. The van der Waals surface area contributed by atoms with E-state index in [0.717, 1.165) is 21.4 Å². The van der Waals surface area contributed by atoms with E-state index in [1.807, 2.05) is 26.0 Å². The smallest absolute Gasteiger partial charge is 0.101 e. The van der Waals surface area contributed by atoms with Crippen LogP contribution >= 0.6 is 0 Å². The van der Waals surface area contributed by atoms with Gasteiger partial charge in [-0.15, -0.1) is 5.54 Å². The molecule has 78 valence electrons. The standard InChI is InChI=1S/C13H12N2Si/c1-9(2)13-10(5-6-16)3-4-11(7-14)12(13)8-15/h3-4,9H,1-2,16H3. The predicted octanol–water partition coefficient (Wildman–Crippen LogP) is 1.23. The summed E-state index contributed by atoms with van der Waals surface area (Å²) < 4.78 is 0. The van der Waals surface area contributed by atoms with Crippen LogP contribution in [0, 0.1) is 34.1 Å². The molecule has 0 fully saturated rings. The average Bonchev–Trinajstić information content (AvgIpc) is 2.28. The van der Waals surface area contributed by atoms with Crippen LogP contribution in [0.5, 0.6) is 0 Å². The molecule has 3 heteroatoms. The molecule has 0 aromatic heterocycles. The van der Waals surface area contributed by atoms with Gasteiger partial charge in [0.05, 0.1) is 21.4 Å². The third kappa shape index (κ3) is 2.14. The van der Waals surface area contributed by atoms with E-state index in [4.69, 9.17) is 10.5 Å². The molecule has 2 nitrogen and oxygen atoms in total. The minimum absolute atomic E-state index is 0.195. The summed E-state index contributed by atoms with van der Waals surface area (Å²) in [6, 6.07) is 7.67. The summed E-state index contributed by atoms with van der Waals surface area (Å²) in [5.74, 6) is 3.23. The molecule has 0 amide bonds. The topological polar surface area (TPSA) is 47.6 Å². The number of nitrogens with zero attached hydrogens (tertiary/aromatic N) is 2. The summed E-state index contributed by atoms with van der Waals surface area (Å²) in [5.41, 5.74) is 5.64. The van der Waals surface area contributed by atoms with Crippen molar-refractivity contribution in [2.24, 2.45) is 0 Å². The Morgan fingerprint density at radius 1 is 1.12 bits per heavy atom. The molecule has 1 rings (SSSR count). The van der Waals surface area contributed by atoms with Crippen LogP contribution in [-0.4, -0.2) is 10.2 Å². The van der Waals surface area contributed by atoms with Crippen LogP contribution in [0.2, 0.25) is 0 Å². The Hall–Kier alpha value is -2.02. The van der Waals surface area contributed by atoms with E-state index in [0.29, 0.717) is 11.1 Å². The molecule has 0 radical (unpaired) electrons. The lowest BCUT2D eigenvalue weighted by atomic mass is 9.90. The number of hydrogen-bond donors (Lipinski definition) is 0. The maximum atomic E-state index is 9.13. The van der Waals surface area contributed by atoms with E-state index in [2.05, 4.69) is 17.5 Å². The van der Waals surface area contributed by atoms with Crippen LogP contribution in [0.1, 0.15) is 42.0 Å². The highest BCUT2D eigenvalue weighted by atomic mass is 28.1. The molecule has 0 atom stereocenters. The molecule has 0 heterocycles. The van der Waals surface area contributed by atoms with Crippen LogP contribution in [-0.2, 0) is 0 Å². The Morgan fingerprint density at radius 3 is 2.19 bits per heavy atom. The van der Waals surface area contributed by atoms with Gasteiger partial charge in [-0.1, -0.05) is 19.8 Å². The Labute approximate surface area is 98.9 Å². The minimum Gasteiger partial charge on any atom is -0.192 e. The zero-order valence-electron chi connectivity index (χ0n) is 9.63. The molecule has 16 heavy (non-hydrogen) atoms. The first-order valence-corrected chi connectivity index (χ1v) is 6.05. The monoisotopic (exact) mass is 224 g/mol. The largest absolute Gasteiger partial charge is 0.192 e. The van der Waals surface area contributed by atoms with Crippen LogP contribution in [0.15, 0.2) is 12.1 Å². The molecule has 0 spiro atoms. The summed E-state index contributed by atoms with van der Waals surface area (Å²) >= 11 is 0. The van der Waals surface area contributed by atoms with Crippen molar-refractivity contribution in [2.45, 2.75) is 19.8 Å². The van der Waals surface area contributed by atoms with Crippen molar-refractivity contribution in [3.63, 3.8) is 0 Å². The van der Waals surface area contributed by atoms with E-state index in [-0.39, 0.29) is 5.92 Å². The lowest BCUT2D eigenvalue weighted by Gasteiger charge is -2.11. The van der Waals surface area contributed by atoms with Crippen LogP contribution in [0.3, 0.4) is 0 Å². The summed E-state index contributed by atoms with van der Waals surface area (Å²) in [4.78, 5) is 0. The van der Waals surface area contributed by atoms with Gasteiger partial charge in [-0.05, 0) is 23.6 Å². The van der Waals surface area contributed by atoms with E-state index >= 15 is 0 Å². The average molecular weight is 224 g/mol. The lowest BCUT2D eigenvalue weighted by molar-refractivity contribution is 0.858. The zero-order chi connectivity index (χ0) is 12.1. The Bertz CT molecular complexity index is 548. The fraction of sp³-hybridized carbons (Fsp3) is 0.231. The minimum atomic E-state index is 0.195. The first kappa shape index (κ1) is 12.0. The fourth-order valence-electron chi connectivity index (χ4n) is 1.68. The van der Waals surface area contributed by atoms with Gasteiger partial charge in [0.15, 0.2) is 0 Å². The molecular formula is C13H12N2Si. The maximum absolute atomic E-state index is 9.13. The summed E-state index contributed by atoms with van der Waals surface area (Å²) in [5, 5.41) is 18.1. The lowest BCUT2D eigenvalue weighted by Crippen LogP contribution is -2.00. The second kappa shape index (κ2) is 5.17. The molecular weight excluding hydrogens is 212 g/mol. The van der Waals surface area contributed by atoms with Crippen molar-refractivity contribution in [3.8, 4) is 23.6 Å². The highest BCUT2D eigenvalue weighted by molar-refractivity contribution is 6.22. The quantitative estimate of drug-likeness (QED) is 0.532. The molecule has 0 saturated heterocycles. The second-order valence-corrected chi connectivity index (χ2v) is 4.20. The highest BCUT2D eigenvalue weighted by Gasteiger charge is 2.14. The van der Waals surface area contributed by atoms with Gasteiger partial charge < -0.3 is 0 Å². The zero-order valence-corrected chi connectivity index (χ0v) is 11.6. The van der Waals surface area contributed by atoms with Gasteiger partial charge in [0.2, 0.25) is 0 Å². The van der Waals surface area contributed by atoms with Gasteiger partial charge in [0.25, 0.3) is 0 Å². The normalized spacial score (nSPS) is 9.06. The van der Waals surface area contributed by atoms with Gasteiger partial charge in [0.1, 0.15) is 12.1 Å². The number of benzene rings is 1. The van der Waals surface area contributed by atoms with Crippen molar-refractivity contribution in [3.05, 3.63) is 34.4 Å². The van der Waals surface area contributed by atoms with Crippen molar-refractivity contribution in [2.75, 3.05) is 0 Å². The van der Waals surface area contributed by atoms with Gasteiger partial charge in [-0.3, -0.25) is 0 Å².